The van der Waals surface area contributed by atoms with Gasteiger partial charge in [-0.1, -0.05) is 12.1 Å². The molecule has 1 aromatic carbocycles. The molecule has 2 N–H and O–H groups in total. The standard InChI is InChI=1S/C12H12F3N3/c13-12(14,15)10-3-1-9(2-4-10)7-18-8-17-6-11(18)5-16/h1-4,6,8H,5,7,16H2. The Morgan fingerprint density at radius 1 is 1.17 bits per heavy atom. The van der Waals surface area contributed by atoms with Crippen LogP contribution in [0.25, 0.3) is 0 Å². The molecule has 0 atom stereocenters. The molecule has 96 valence electrons. The third-order valence-corrected chi connectivity index (χ3v) is 2.64. The van der Waals surface area contributed by atoms with Crippen molar-refractivity contribution in [3.05, 3.63) is 53.6 Å². The molecule has 18 heavy (non-hydrogen) atoms. The number of hydrogen-bond acceptors (Lipinski definition) is 2. The van der Waals surface area contributed by atoms with Crippen LogP contribution in [-0.4, -0.2) is 9.55 Å². The summed E-state index contributed by atoms with van der Waals surface area (Å²) in [7, 11) is 0. The molecular weight excluding hydrogens is 243 g/mol. The molecule has 0 bridgehead atoms. The quantitative estimate of drug-likeness (QED) is 0.915. The van der Waals surface area contributed by atoms with Crippen molar-refractivity contribution in [1.29, 1.82) is 0 Å². The molecule has 3 nitrogen and oxygen atoms in total. The van der Waals surface area contributed by atoms with Crippen molar-refractivity contribution in [2.45, 2.75) is 19.3 Å². The van der Waals surface area contributed by atoms with Gasteiger partial charge >= 0.3 is 6.18 Å². The lowest BCUT2D eigenvalue weighted by Crippen LogP contribution is -2.08. The summed E-state index contributed by atoms with van der Waals surface area (Å²) in [5.74, 6) is 0. The van der Waals surface area contributed by atoms with Crippen molar-refractivity contribution in [1.82, 2.24) is 9.55 Å². The molecule has 0 radical (unpaired) electrons. The largest absolute Gasteiger partial charge is 0.416 e. The van der Waals surface area contributed by atoms with Gasteiger partial charge in [0.1, 0.15) is 0 Å². The number of aromatic nitrogens is 2. The summed E-state index contributed by atoms with van der Waals surface area (Å²) in [6.45, 7) is 0.811. The molecule has 1 aromatic heterocycles. The van der Waals surface area contributed by atoms with Crippen LogP contribution in [0.3, 0.4) is 0 Å². The highest BCUT2D eigenvalue weighted by molar-refractivity contribution is 5.25. The number of nitrogens with zero attached hydrogens (tertiary/aromatic N) is 2. The van der Waals surface area contributed by atoms with E-state index in [0.717, 1.165) is 23.4 Å². The summed E-state index contributed by atoms with van der Waals surface area (Å²) < 4.78 is 39.0. The second-order valence-corrected chi connectivity index (χ2v) is 3.91. The maximum absolute atomic E-state index is 12.4. The lowest BCUT2D eigenvalue weighted by Gasteiger charge is -2.09. The molecule has 0 saturated carbocycles. The average molecular weight is 255 g/mol. The van der Waals surface area contributed by atoms with Crippen molar-refractivity contribution < 1.29 is 13.2 Å². The van der Waals surface area contributed by atoms with Gasteiger partial charge in [0.15, 0.2) is 0 Å². The van der Waals surface area contributed by atoms with Crippen molar-refractivity contribution in [2.75, 3.05) is 0 Å². The molecule has 0 amide bonds. The van der Waals surface area contributed by atoms with E-state index in [9.17, 15) is 13.2 Å². The van der Waals surface area contributed by atoms with Gasteiger partial charge in [-0.3, -0.25) is 0 Å². The molecule has 0 spiro atoms. The van der Waals surface area contributed by atoms with E-state index in [1.54, 1.807) is 12.5 Å². The summed E-state index contributed by atoms with van der Waals surface area (Å²) in [5, 5.41) is 0. The Morgan fingerprint density at radius 2 is 1.83 bits per heavy atom. The maximum Gasteiger partial charge on any atom is 0.416 e. The maximum atomic E-state index is 12.4. The Labute approximate surface area is 102 Å². The van der Waals surface area contributed by atoms with Crippen LogP contribution in [0, 0.1) is 0 Å². The Hall–Kier alpha value is -1.82. The highest BCUT2D eigenvalue weighted by Crippen LogP contribution is 2.29. The topological polar surface area (TPSA) is 43.8 Å². The van der Waals surface area contributed by atoms with Gasteiger partial charge in [-0.15, -0.1) is 0 Å². The van der Waals surface area contributed by atoms with E-state index < -0.39 is 11.7 Å². The second kappa shape index (κ2) is 4.81. The van der Waals surface area contributed by atoms with E-state index in [4.69, 9.17) is 5.73 Å². The monoisotopic (exact) mass is 255 g/mol. The van der Waals surface area contributed by atoms with Crippen molar-refractivity contribution >= 4 is 0 Å². The molecule has 1 heterocycles. The van der Waals surface area contributed by atoms with Gasteiger partial charge in [0.05, 0.1) is 17.6 Å². The third kappa shape index (κ3) is 2.70. The van der Waals surface area contributed by atoms with Gasteiger partial charge in [0.2, 0.25) is 0 Å². The average Bonchev–Trinajstić information content (AvgIpc) is 2.76. The molecule has 2 rings (SSSR count). The van der Waals surface area contributed by atoms with Crippen molar-refractivity contribution in [3.63, 3.8) is 0 Å². The number of nitrogens with two attached hydrogens (primary N) is 1. The van der Waals surface area contributed by atoms with E-state index in [-0.39, 0.29) is 0 Å². The Morgan fingerprint density at radius 3 is 2.39 bits per heavy atom. The predicted molar refractivity (Wildman–Crippen MR) is 60.7 cm³/mol. The first-order chi connectivity index (χ1) is 8.50. The van der Waals surface area contributed by atoms with Crippen LogP contribution in [-0.2, 0) is 19.3 Å². The number of rotatable bonds is 3. The number of imidazole rings is 1. The minimum absolute atomic E-state index is 0.348. The van der Waals surface area contributed by atoms with E-state index in [2.05, 4.69) is 4.98 Å². The normalized spacial score (nSPS) is 11.8. The summed E-state index contributed by atoms with van der Waals surface area (Å²) in [6, 6.07) is 5.08. The summed E-state index contributed by atoms with van der Waals surface area (Å²) in [4.78, 5) is 3.95. The van der Waals surface area contributed by atoms with E-state index in [1.807, 2.05) is 4.57 Å². The predicted octanol–water partition coefficient (Wildman–Crippen LogP) is 2.41. The zero-order valence-corrected chi connectivity index (χ0v) is 9.48. The Balaban J connectivity index is 2.16. The van der Waals surface area contributed by atoms with Gasteiger partial charge in [0, 0.05) is 19.3 Å². The fourth-order valence-corrected chi connectivity index (χ4v) is 1.66. The fraction of sp³-hybridized carbons (Fsp3) is 0.250. The highest BCUT2D eigenvalue weighted by Gasteiger charge is 2.29. The van der Waals surface area contributed by atoms with E-state index in [0.29, 0.717) is 13.1 Å². The van der Waals surface area contributed by atoms with Crippen LogP contribution < -0.4 is 5.73 Å². The number of hydrogen-bond donors (Lipinski definition) is 1. The SMILES string of the molecule is NCc1cncn1Cc1ccc(C(F)(F)F)cc1. The number of alkyl halides is 3. The fourth-order valence-electron chi connectivity index (χ4n) is 1.66. The van der Waals surface area contributed by atoms with Crippen LogP contribution in [0.4, 0.5) is 13.2 Å². The molecular formula is C12H12F3N3. The first-order valence-corrected chi connectivity index (χ1v) is 5.36. The van der Waals surface area contributed by atoms with Gasteiger partial charge in [-0.25, -0.2) is 4.98 Å². The molecule has 6 heteroatoms. The zero-order valence-electron chi connectivity index (χ0n) is 9.48. The first-order valence-electron chi connectivity index (χ1n) is 5.36. The number of benzene rings is 1. The van der Waals surface area contributed by atoms with Crippen molar-refractivity contribution in [2.24, 2.45) is 5.73 Å². The highest BCUT2D eigenvalue weighted by atomic mass is 19.4. The second-order valence-electron chi connectivity index (χ2n) is 3.91. The molecule has 0 aliphatic carbocycles. The molecule has 0 unspecified atom stereocenters. The van der Waals surface area contributed by atoms with Gasteiger partial charge in [-0.2, -0.15) is 13.2 Å². The van der Waals surface area contributed by atoms with Gasteiger partial charge in [-0.05, 0) is 17.7 Å². The molecule has 2 aromatic rings. The summed E-state index contributed by atoms with van der Waals surface area (Å²) >= 11 is 0. The minimum Gasteiger partial charge on any atom is -0.329 e. The molecule has 0 saturated heterocycles. The van der Waals surface area contributed by atoms with Crippen LogP contribution in [0.15, 0.2) is 36.8 Å². The smallest absolute Gasteiger partial charge is 0.329 e. The first kappa shape index (κ1) is 12.6. The Kier molecular flexibility index (Phi) is 3.38. The molecule has 0 fully saturated rings. The zero-order chi connectivity index (χ0) is 13.2. The van der Waals surface area contributed by atoms with Crippen LogP contribution >= 0.6 is 0 Å². The lowest BCUT2D eigenvalue weighted by atomic mass is 10.1. The van der Waals surface area contributed by atoms with Crippen molar-refractivity contribution in [3.8, 4) is 0 Å². The van der Waals surface area contributed by atoms with E-state index >= 15 is 0 Å². The summed E-state index contributed by atoms with van der Waals surface area (Å²) in [5.41, 5.74) is 6.49. The summed E-state index contributed by atoms with van der Waals surface area (Å²) in [6.07, 6.45) is -1.04. The van der Waals surface area contributed by atoms with Gasteiger partial charge in [0.25, 0.3) is 0 Å². The molecule has 0 aliphatic heterocycles. The van der Waals surface area contributed by atoms with Gasteiger partial charge < -0.3 is 10.3 Å². The number of halogens is 3. The minimum atomic E-state index is -4.30. The van der Waals surface area contributed by atoms with E-state index in [1.165, 1.54) is 12.1 Å². The van der Waals surface area contributed by atoms with Crippen LogP contribution in [0.1, 0.15) is 16.8 Å². The molecule has 0 aliphatic rings. The van der Waals surface area contributed by atoms with Crippen LogP contribution in [0.5, 0.6) is 0 Å². The third-order valence-electron chi connectivity index (χ3n) is 2.64. The van der Waals surface area contributed by atoms with Crippen LogP contribution in [0.2, 0.25) is 0 Å². The lowest BCUT2D eigenvalue weighted by molar-refractivity contribution is -0.137. The Bertz CT molecular complexity index is 514.